The number of aromatic amines is 1. The lowest BCUT2D eigenvalue weighted by molar-refractivity contribution is 0.597. The molecule has 0 spiro atoms. The normalized spacial score (nSPS) is 17.7. The molecule has 4 rings (SSSR count). The van der Waals surface area contributed by atoms with Crippen molar-refractivity contribution in [1.29, 1.82) is 0 Å². The van der Waals surface area contributed by atoms with Crippen molar-refractivity contribution in [2.75, 3.05) is 5.32 Å². The van der Waals surface area contributed by atoms with Gasteiger partial charge in [0, 0.05) is 0 Å². The lowest BCUT2D eigenvalue weighted by atomic mass is 9.87. The first-order valence-electron chi connectivity index (χ1n) is 7.60. The number of hydrogen-bond acceptors (Lipinski definition) is 2. The number of benzene rings is 2. The molecule has 106 valence electrons. The van der Waals surface area contributed by atoms with Crippen LogP contribution in [-0.2, 0) is 6.42 Å². The van der Waals surface area contributed by atoms with Crippen LogP contribution in [0.3, 0.4) is 0 Å². The monoisotopic (exact) mass is 277 g/mol. The van der Waals surface area contributed by atoms with E-state index in [0.717, 1.165) is 23.4 Å². The van der Waals surface area contributed by atoms with E-state index in [2.05, 4.69) is 46.5 Å². The number of nitrogens with zero attached hydrogens (tertiary/aromatic N) is 1. The summed E-state index contributed by atoms with van der Waals surface area (Å²) in [5, 5.41) is 3.59. The average Bonchev–Trinajstić information content (AvgIpc) is 2.90. The molecule has 2 N–H and O–H groups in total. The minimum atomic E-state index is 0.356. The topological polar surface area (TPSA) is 40.7 Å². The third-order valence-electron chi connectivity index (χ3n) is 4.32. The van der Waals surface area contributed by atoms with Crippen LogP contribution in [0.25, 0.3) is 11.0 Å². The van der Waals surface area contributed by atoms with Crippen molar-refractivity contribution >= 4 is 17.0 Å². The number of aromatic nitrogens is 2. The summed E-state index contributed by atoms with van der Waals surface area (Å²) in [4.78, 5) is 8.00. The molecule has 21 heavy (non-hydrogen) atoms. The van der Waals surface area contributed by atoms with E-state index < -0.39 is 0 Å². The summed E-state index contributed by atoms with van der Waals surface area (Å²) >= 11 is 0. The summed E-state index contributed by atoms with van der Waals surface area (Å²) in [5.41, 5.74) is 6.33. The van der Waals surface area contributed by atoms with Crippen LogP contribution in [0.4, 0.5) is 5.95 Å². The smallest absolute Gasteiger partial charge is 0.201 e. The summed E-state index contributed by atoms with van der Waals surface area (Å²) in [5.74, 6) is 0.871. The third kappa shape index (κ3) is 2.29. The van der Waals surface area contributed by atoms with Gasteiger partial charge in [-0.15, -0.1) is 0 Å². The van der Waals surface area contributed by atoms with Gasteiger partial charge in [0.25, 0.3) is 0 Å². The maximum atomic E-state index is 4.64. The van der Waals surface area contributed by atoms with Crippen LogP contribution in [0.15, 0.2) is 42.5 Å². The zero-order valence-corrected chi connectivity index (χ0v) is 12.2. The van der Waals surface area contributed by atoms with E-state index in [1.807, 2.05) is 18.2 Å². The first kappa shape index (κ1) is 12.5. The van der Waals surface area contributed by atoms with E-state index in [0.29, 0.717) is 6.04 Å². The third-order valence-corrected chi connectivity index (χ3v) is 4.32. The molecular weight excluding hydrogens is 258 g/mol. The summed E-state index contributed by atoms with van der Waals surface area (Å²) < 4.78 is 0. The SMILES string of the molecule is Cc1ccc2c(c1)C(Nc1nc3ccccc3[nH]1)CCC2. The van der Waals surface area contributed by atoms with Crippen molar-refractivity contribution in [3.8, 4) is 0 Å². The van der Waals surface area contributed by atoms with E-state index >= 15 is 0 Å². The van der Waals surface area contributed by atoms with Gasteiger partial charge < -0.3 is 10.3 Å². The van der Waals surface area contributed by atoms with Crippen LogP contribution in [0.2, 0.25) is 0 Å². The molecular formula is C18H19N3. The maximum Gasteiger partial charge on any atom is 0.201 e. The molecule has 0 amide bonds. The van der Waals surface area contributed by atoms with Crippen LogP contribution in [0.1, 0.15) is 35.6 Å². The molecule has 0 aliphatic heterocycles. The van der Waals surface area contributed by atoms with Gasteiger partial charge in [0.1, 0.15) is 0 Å². The van der Waals surface area contributed by atoms with Crippen molar-refractivity contribution in [3.63, 3.8) is 0 Å². The van der Waals surface area contributed by atoms with E-state index in [4.69, 9.17) is 0 Å². The molecule has 0 fully saturated rings. The lowest BCUT2D eigenvalue weighted by Crippen LogP contribution is -2.18. The molecule has 1 unspecified atom stereocenters. The predicted octanol–water partition coefficient (Wildman–Crippen LogP) is 4.36. The Kier molecular flexibility index (Phi) is 2.92. The second kappa shape index (κ2) is 4.92. The molecule has 0 saturated heterocycles. The van der Waals surface area contributed by atoms with Crippen molar-refractivity contribution in [1.82, 2.24) is 9.97 Å². The number of anilines is 1. The molecule has 0 saturated carbocycles. The van der Waals surface area contributed by atoms with Gasteiger partial charge in [-0.25, -0.2) is 4.98 Å². The van der Waals surface area contributed by atoms with Gasteiger partial charge in [-0.2, -0.15) is 0 Å². The highest BCUT2D eigenvalue weighted by molar-refractivity contribution is 5.77. The Morgan fingerprint density at radius 2 is 2.10 bits per heavy atom. The molecule has 3 nitrogen and oxygen atoms in total. The molecule has 1 aliphatic rings. The highest BCUT2D eigenvalue weighted by Gasteiger charge is 2.21. The van der Waals surface area contributed by atoms with Crippen LogP contribution >= 0.6 is 0 Å². The molecule has 1 atom stereocenters. The number of H-pyrrole nitrogens is 1. The Labute approximate surface area is 124 Å². The van der Waals surface area contributed by atoms with E-state index in [9.17, 15) is 0 Å². The highest BCUT2D eigenvalue weighted by Crippen LogP contribution is 2.32. The van der Waals surface area contributed by atoms with E-state index in [1.165, 1.54) is 29.5 Å². The van der Waals surface area contributed by atoms with Crippen molar-refractivity contribution in [2.45, 2.75) is 32.2 Å². The van der Waals surface area contributed by atoms with Gasteiger partial charge in [-0.1, -0.05) is 35.9 Å². The highest BCUT2D eigenvalue weighted by atomic mass is 15.1. The van der Waals surface area contributed by atoms with Gasteiger partial charge in [-0.3, -0.25) is 0 Å². The molecule has 3 heteroatoms. The Balaban J connectivity index is 1.67. The molecule has 1 aromatic heterocycles. The fourth-order valence-electron chi connectivity index (χ4n) is 3.25. The van der Waals surface area contributed by atoms with Crippen LogP contribution in [0, 0.1) is 6.92 Å². The fraction of sp³-hybridized carbons (Fsp3) is 0.278. The lowest BCUT2D eigenvalue weighted by Gasteiger charge is -2.26. The average molecular weight is 277 g/mol. The van der Waals surface area contributed by atoms with E-state index in [1.54, 1.807) is 0 Å². The van der Waals surface area contributed by atoms with Gasteiger partial charge in [0.15, 0.2) is 0 Å². The Morgan fingerprint density at radius 1 is 1.19 bits per heavy atom. The molecule has 0 radical (unpaired) electrons. The standard InChI is InChI=1S/C18H19N3/c1-12-9-10-13-5-4-8-15(14(13)11-12)19-18-20-16-6-2-3-7-17(16)21-18/h2-3,6-7,9-11,15H,4-5,8H2,1H3,(H2,19,20,21). The number of hydrogen-bond donors (Lipinski definition) is 2. The number of fused-ring (bicyclic) bond motifs is 2. The number of nitrogens with one attached hydrogen (secondary N) is 2. The first-order valence-corrected chi connectivity index (χ1v) is 7.60. The number of imidazole rings is 1. The van der Waals surface area contributed by atoms with Crippen LogP contribution in [-0.4, -0.2) is 9.97 Å². The van der Waals surface area contributed by atoms with E-state index in [-0.39, 0.29) is 0 Å². The first-order chi connectivity index (χ1) is 10.3. The summed E-state index contributed by atoms with van der Waals surface area (Å²) in [6, 6.07) is 15.3. The fourth-order valence-corrected chi connectivity index (χ4v) is 3.25. The number of aryl methyl sites for hydroxylation is 2. The summed E-state index contributed by atoms with van der Waals surface area (Å²) in [6.07, 6.45) is 3.58. The Morgan fingerprint density at radius 3 is 3.00 bits per heavy atom. The Bertz CT molecular complexity index is 755. The minimum Gasteiger partial charge on any atom is -0.349 e. The van der Waals surface area contributed by atoms with Crippen LogP contribution < -0.4 is 5.32 Å². The van der Waals surface area contributed by atoms with Crippen LogP contribution in [0.5, 0.6) is 0 Å². The zero-order chi connectivity index (χ0) is 14.2. The predicted molar refractivity (Wildman–Crippen MR) is 86.6 cm³/mol. The molecule has 0 bridgehead atoms. The quantitative estimate of drug-likeness (QED) is 0.730. The second-order valence-corrected chi connectivity index (χ2v) is 5.89. The molecule has 1 aliphatic carbocycles. The maximum absolute atomic E-state index is 4.64. The number of para-hydroxylation sites is 2. The van der Waals surface area contributed by atoms with Gasteiger partial charge in [0.2, 0.25) is 5.95 Å². The van der Waals surface area contributed by atoms with Crippen molar-refractivity contribution in [3.05, 3.63) is 59.2 Å². The molecule has 2 aromatic carbocycles. The van der Waals surface area contributed by atoms with Gasteiger partial charge in [0.05, 0.1) is 17.1 Å². The van der Waals surface area contributed by atoms with Crippen molar-refractivity contribution < 1.29 is 0 Å². The minimum absolute atomic E-state index is 0.356. The second-order valence-electron chi connectivity index (χ2n) is 5.89. The van der Waals surface area contributed by atoms with Gasteiger partial charge >= 0.3 is 0 Å². The largest absolute Gasteiger partial charge is 0.349 e. The summed E-state index contributed by atoms with van der Waals surface area (Å²) in [6.45, 7) is 2.16. The Hall–Kier alpha value is -2.29. The van der Waals surface area contributed by atoms with Gasteiger partial charge in [-0.05, 0) is 49.4 Å². The zero-order valence-electron chi connectivity index (χ0n) is 12.2. The molecule has 1 heterocycles. The summed E-state index contributed by atoms with van der Waals surface area (Å²) in [7, 11) is 0. The number of rotatable bonds is 2. The van der Waals surface area contributed by atoms with Crippen molar-refractivity contribution in [2.24, 2.45) is 0 Å². The molecule has 3 aromatic rings.